The average molecular weight is 209 g/mol. The minimum atomic E-state index is -0.448. The Labute approximate surface area is 86.2 Å². The van der Waals surface area contributed by atoms with Crippen LogP contribution in [0.2, 0.25) is 0 Å². The Bertz CT molecular complexity index is 388. The van der Waals surface area contributed by atoms with Crippen molar-refractivity contribution in [3.63, 3.8) is 0 Å². The summed E-state index contributed by atoms with van der Waals surface area (Å²) in [6.07, 6.45) is 1.54. The molecule has 2 heterocycles. The Morgan fingerprint density at radius 1 is 1.73 bits per heavy atom. The number of aliphatic hydroxyl groups is 1. The second kappa shape index (κ2) is 3.82. The van der Waals surface area contributed by atoms with Crippen molar-refractivity contribution < 1.29 is 14.4 Å². The van der Waals surface area contributed by atoms with E-state index in [1.807, 2.05) is 0 Å². The van der Waals surface area contributed by atoms with Gasteiger partial charge in [-0.1, -0.05) is 11.7 Å². The minimum Gasteiger partial charge on any atom is -0.391 e. The number of carbonyl (C=O) groups excluding carboxylic acids is 1. The Hall–Kier alpha value is -1.69. The van der Waals surface area contributed by atoms with Crippen LogP contribution in [-0.2, 0) is 0 Å². The van der Waals surface area contributed by atoms with Crippen LogP contribution >= 0.6 is 0 Å². The van der Waals surface area contributed by atoms with E-state index in [-0.39, 0.29) is 17.6 Å². The SMILES string of the molecule is C=Cc1noc(C(=O)N2CC[C@@H](O)C2)n1. The molecule has 0 saturated carbocycles. The number of aromatic nitrogens is 2. The second-order valence-corrected chi connectivity index (χ2v) is 3.36. The number of aliphatic hydroxyl groups excluding tert-OH is 1. The Morgan fingerprint density at radius 3 is 3.07 bits per heavy atom. The van der Waals surface area contributed by atoms with Gasteiger partial charge >= 0.3 is 11.8 Å². The number of amides is 1. The topological polar surface area (TPSA) is 79.5 Å². The zero-order valence-corrected chi connectivity index (χ0v) is 8.09. The molecule has 0 bridgehead atoms. The molecule has 0 spiro atoms. The molecule has 0 aliphatic carbocycles. The lowest BCUT2D eigenvalue weighted by atomic mass is 10.3. The van der Waals surface area contributed by atoms with Gasteiger partial charge in [0.15, 0.2) is 5.82 Å². The molecule has 1 fully saturated rings. The van der Waals surface area contributed by atoms with E-state index in [1.54, 1.807) is 0 Å². The van der Waals surface area contributed by atoms with Gasteiger partial charge in [0.2, 0.25) is 0 Å². The lowest BCUT2D eigenvalue weighted by molar-refractivity contribution is 0.0716. The Kier molecular flexibility index (Phi) is 2.51. The van der Waals surface area contributed by atoms with Crippen molar-refractivity contribution in [3.8, 4) is 0 Å². The molecule has 15 heavy (non-hydrogen) atoms. The molecule has 6 nitrogen and oxygen atoms in total. The van der Waals surface area contributed by atoms with E-state index in [9.17, 15) is 9.90 Å². The third-order valence-corrected chi connectivity index (χ3v) is 2.26. The standard InChI is InChI=1S/C9H11N3O3/c1-2-7-10-8(15-11-7)9(14)12-4-3-6(13)5-12/h2,6,13H,1,3-5H2/t6-/m1/s1. The molecule has 0 radical (unpaired) electrons. The quantitative estimate of drug-likeness (QED) is 0.736. The van der Waals surface area contributed by atoms with Crippen LogP contribution in [-0.4, -0.2) is 45.2 Å². The monoisotopic (exact) mass is 209 g/mol. The number of carbonyl (C=O) groups is 1. The fourth-order valence-electron chi connectivity index (χ4n) is 1.47. The average Bonchev–Trinajstić information content (AvgIpc) is 2.84. The van der Waals surface area contributed by atoms with Gasteiger partial charge in [-0.3, -0.25) is 4.79 Å². The van der Waals surface area contributed by atoms with Crippen LogP contribution in [0.4, 0.5) is 0 Å². The molecule has 6 heteroatoms. The highest BCUT2D eigenvalue weighted by Crippen LogP contribution is 2.12. The van der Waals surface area contributed by atoms with Crippen LogP contribution < -0.4 is 0 Å². The maximum atomic E-state index is 11.7. The molecule has 1 aromatic heterocycles. The van der Waals surface area contributed by atoms with Crippen molar-refractivity contribution in [3.05, 3.63) is 18.3 Å². The van der Waals surface area contributed by atoms with Gasteiger partial charge in [-0.2, -0.15) is 4.98 Å². The normalized spacial score (nSPS) is 20.6. The first kappa shape index (κ1) is 9.85. The van der Waals surface area contributed by atoms with Gasteiger partial charge in [0.05, 0.1) is 6.10 Å². The summed E-state index contributed by atoms with van der Waals surface area (Å²) in [5, 5.41) is 12.8. The van der Waals surface area contributed by atoms with E-state index in [4.69, 9.17) is 4.52 Å². The summed E-state index contributed by atoms with van der Waals surface area (Å²) in [5.74, 6) is -0.107. The molecule has 1 aromatic rings. The summed E-state index contributed by atoms with van der Waals surface area (Å²) in [5.41, 5.74) is 0. The molecular weight excluding hydrogens is 198 g/mol. The van der Waals surface area contributed by atoms with Crippen LogP contribution in [0.25, 0.3) is 6.08 Å². The van der Waals surface area contributed by atoms with Crippen molar-refractivity contribution in [2.45, 2.75) is 12.5 Å². The van der Waals surface area contributed by atoms with Gasteiger partial charge in [0, 0.05) is 13.1 Å². The summed E-state index contributed by atoms with van der Waals surface area (Å²) in [7, 11) is 0. The molecular formula is C9H11N3O3. The van der Waals surface area contributed by atoms with Crippen molar-refractivity contribution in [2.24, 2.45) is 0 Å². The maximum absolute atomic E-state index is 11.7. The number of hydrogen-bond acceptors (Lipinski definition) is 5. The Balaban J connectivity index is 2.10. The highest BCUT2D eigenvalue weighted by molar-refractivity contribution is 5.89. The summed E-state index contributed by atoms with van der Waals surface area (Å²) in [6.45, 7) is 4.31. The Morgan fingerprint density at radius 2 is 2.53 bits per heavy atom. The van der Waals surface area contributed by atoms with E-state index in [0.717, 1.165) is 0 Å². The third-order valence-electron chi connectivity index (χ3n) is 2.26. The number of β-amino-alcohol motifs (C(OH)–C–C–N with tert-alkyl or cyclic N) is 1. The van der Waals surface area contributed by atoms with E-state index < -0.39 is 6.10 Å². The first-order valence-corrected chi connectivity index (χ1v) is 4.64. The summed E-state index contributed by atoms with van der Waals surface area (Å²) >= 11 is 0. The van der Waals surface area contributed by atoms with E-state index in [1.165, 1.54) is 11.0 Å². The van der Waals surface area contributed by atoms with Crippen LogP contribution in [0.5, 0.6) is 0 Å². The maximum Gasteiger partial charge on any atom is 0.316 e. The molecule has 1 aliphatic heterocycles. The molecule has 1 atom stereocenters. The second-order valence-electron chi connectivity index (χ2n) is 3.36. The summed E-state index contributed by atoms with van der Waals surface area (Å²) in [6, 6.07) is 0. The lowest BCUT2D eigenvalue weighted by Gasteiger charge is -2.11. The fraction of sp³-hybridized carbons (Fsp3) is 0.444. The van der Waals surface area contributed by atoms with E-state index in [2.05, 4.69) is 16.7 Å². The number of nitrogens with zero attached hydrogens (tertiary/aromatic N) is 3. The molecule has 1 N–H and O–H groups in total. The van der Waals surface area contributed by atoms with Gasteiger partial charge in [0.1, 0.15) is 0 Å². The number of rotatable bonds is 2. The van der Waals surface area contributed by atoms with Crippen molar-refractivity contribution >= 4 is 12.0 Å². The fourth-order valence-corrected chi connectivity index (χ4v) is 1.47. The van der Waals surface area contributed by atoms with Crippen molar-refractivity contribution in [1.82, 2.24) is 15.0 Å². The smallest absolute Gasteiger partial charge is 0.316 e. The molecule has 1 amide bonds. The van der Waals surface area contributed by atoms with Gasteiger partial charge in [-0.05, 0) is 12.5 Å². The van der Waals surface area contributed by atoms with Crippen molar-refractivity contribution in [1.29, 1.82) is 0 Å². The van der Waals surface area contributed by atoms with Gasteiger partial charge in [-0.15, -0.1) is 0 Å². The van der Waals surface area contributed by atoms with Crippen LogP contribution in [0.15, 0.2) is 11.1 Å². The van der Waals surface area contributed by atoms with Gasteiger partial charge in [0.25, 0.3) is 0 Å². The van der Waals surface area contributed by atoms with Crippen molar-refractivity contribution in [2.75, 3.05) is 13.1 Å². The highest BCUT2D eigenvalue weighted by Gasteiger charge is 2.28. The lowest BCUT2D eigenvalue weighted by Crippen LogP contribution is -2.29. The molecule has 2 rings (SSSR count). The van der Waals surface area contributed by atoms with Crippen LogP contribution in [0, 0.1) is 0 Å². The molecule has 0 unspecified atom stereocenters. The zero-order chi connectivity index (χ0) is 10.8. The zero-order valence-electron chi connectivity index (χ0n) is 8.09. The first-order chi connectivity index (χ1) is 7.20. The van der Waals surface area contributed by atoms with E-state index in [0.29, 0.717) is 19.5 Å². The summed E-state index contributed by atoms with van der Waals surface area (Å²) in [4.78, 5) is 17.0. The predicted molar refractivity (Wildman–Crippen MR) is 50.9 cm³/mol. The molecule has 1 saturated heterocycles. The number of likely N-dealkylation sites (tertiary alicyclic amines) is 1. The van der Waals surface area contributed by atoms with Crippen LogP contribution in [0.3, 0.4) is 0 Å². The van der Waals surface area contributed by atoms with Gasteiger partial charge < -0.3 is 14.5 Å². The third kappa shape index (κ3) is 1.89. The first-order valence-electron chi connectivity index (χ1n) is 4.64. The largest absolute Gasteiger partial charge is 0.391 e. The van der Waals surface area contributed by atoms with E-state index >= 15 is 0 Å². The molecule has 1 aliphatic rings. The van der Waals surface area contributed by atoms with Crippen LogP contribution in [0.1, 0.15) is 22.9 Å². The number of hydrogen-bond donors (Lipinski definition) is 1. The van der Waals surface area contributed by atoms with Gasteiger partial charge in [-0.25, -0.2) is 0 Å². The molecule has 80 valence electrons. The predicted octanol–water partition coefficient (Wildman–Crippen LogP) is -0.0806. The molecule has 0 aromatic carbocycles. The highest BCUT2D eigenvalue weighted by atomic mass is 16.5. The minimum absolute atomic E-state index is 0.0565. The summed E-state index contributed by atoms with van der Waals surface area (Å²) < 4.78 is 4.76.